The molecule has 0 bridgehead atoms. The van der Waals surface area contributed by atoms with Crippen molar-refractivity contribution in [2.45, 2.75) is 6.92 Å². The van der Waals surface area contributed by atoms with Gasteiger partial charge in [0.15, 0.2) is 23.9 Å². The van der Waals surface area contributed by atoms with Gasteiger partial charge in [0.2, 0.25) is 11.5 Å². The number of allylic oxidation sites excluding steroid dienone is 1. The first-order chi connectivity index (χ1) is 13.9. The van der Waals surface area contributed by atoms with Gasteiger partial charge in [-0.2, -0.15) is 0 Å². The first kappa shape index (κ1) is 20.1. The zero-order valence-electron chi connectivity index (χ0n) is 16.5. The van der Waals surface area contributed by atoms with Crippen molar-refractivity contribution in [2.24, 2.45) is 5.73 Å². The van der Waals surface area contributed by atoms with Crippen molar-refractivity contribution >= 4 is 17.8 Å². The summed E-state index contributed by atoms with van der Waals surface area (Å²) in [6.45, 7) is 1.50. The summed E-state index contributed by atoms with van der Waals surface area (Å²) in [5.41, 5.74) is 6.85. The lowest BCUT2D eigenvalue weighted by molar-refractivity contribution is -0.119. The molecule has 3 rings (SSSR count). The van der Waals surface area contributed by atoms with E-state index in [-0.39, 0.29) is 18.1 Å². The SMILES string of the molecule is COc1cc(C=C2Oc3cc(OCC(N)=O)cc(C)c3C2=O)cc(OC)c1OC. The second-order valence-electron chi connectivity index (χ2n) is 6.27. The Morgan fingerprint density at radius 3 is 2.28 bits per heavy atom. The zero-order valence-corrected chi connectivity index (χ0v) is 16.5. The Hall–Kier alpha value is -3.68. The first-order valence-corrected chi connectivity index (χ1v) is 8.68. The normalized spacial score (nSPS) is 13.7. The molecule has 0 fully saturated rings. The highest BCUT2D eigenvalue weighted by Crippen LogP contribution is 2.41. The van der Waals surface area contributed by atoms with E-state index in [0.29, 0.717) is 45.4 Å². The number of methoxy groups -OCH3 is 3. The molecule has 8 nitrogen and oxygen atoms in total. The van der Waals surface area contributed by atoms with E-state index >= 15 is 0 Å². The van der Waals surface area contributed by atoms with Gasteiger partial charge in [0, 0.05) is 6.07 Å². The molecule has 0 aromatic heterocycles. The molecule has 1 aliphatic heterocycles. The van der Waals surface area contributed by atoms with Crippen molar-refractivity contribution in [3.05, 3.63) is 46.7 Å². The number of fused-ring (bicyclic) bond motifs is 1. The largest absolute Gasteiger partial charge is 0.493 e. The number of Topliss-reactive ketones (excluding diaryl/α,β-unsaturated/α-hetero) is 1. The van der Waals surface area contributed by atoms with E-state index < -0.39 is 5.91 Å². The minimum absolute atomic E-state index is 0.143. The van der Waals surface area contributed by atoms with Crippen molar-refractivity contribution in [3.8, 4) is 28.7 Å². The van der Waals surface area contributed by atoms with Crippen molar-refractivity contribution in [2.75, 3.05) is 27.9 Å². The molecule has 8 heteroatoms. The molecule has 29 heavy (non-hydrogen) atoms. The quantitative estimate of drug-likeness (QED) is 0.713. The van der Waals surface area contributed by atoms with E-state index in [1.165, 1.54) is 21.3 Å². The summed E-state index contributed by atoms with van der Waals surface area (Å²) in [6, 6.07) is 6.63. The Labute approximate surface area is 167 Å². The summed E-state index contributed by atoms with van der Waals surface area (Å²) in [4.78, 5) is 23.8. The molecule has 2 aromatic rings. The highest BCUT2D eigenvalue weighted by molar-refractivity contribution is 6.15. The van der Waals surface area contributed by atoms with Crippen LogP contribution in [0.15, 0.2) is 30.0 Å². The number of aryl methyl sites for hydroxylation is 1. The standard InChI is InChI=1S/C21H21NO7/c1-11-5-13(28-10-18(22)23)9-14-19(11)20(24)15(29-14)6-12-7-16(25-2)21(27-4)17(8-12)26-3/h5-9H,10H2,1-4H3,(H2,22,23). The number of rotatable bonds is 7. The molecule has 152 valence electrons. The van der Waals surface area contributed by atoms with E-state index in [1.54, 1.807) is 37.3 Å². The maximum Gasteiger partial charge on any atom is 0.255 e. The number of primary amides is 1. The van der Waals surface area contributed by atoms with Gasteiger partial charge in [0.05, 0.1) is 26.9 Å². The second-order valence-corrected chi connectivity index (χ2v) is 6.27. The van der Waals surface area contributed by atoms with Gasteiger partial charge in [-0.05, 0) is 42.3 Å². The lowest BCUT2D eigenvalue weighted by Crippen LogP contribution is -2.20. The number of ether oxygens (including phenoxy) is 5. The molecular weight excluding hydrogens is 378 g/mol. The van der Waals surface area contributed by atoms with Gasteiger partial charge in [-0.15, -0.1) is 0 Å². The minimum Gasteiger partial charge on any atom is -0.493 e. The fourth-order valence-electron chi connectivity index (χ4n) is 3.05. The van der Waals surface area contributed by atoms with Crippen molar-refractivity contribution < 1.29 is 33.3 Å². The highest BCUT2D eigenvalue weighted by Gasteiger charge is 2.30. The van der Waals surface area contributed by atoms with Crippen LogP contribution in [0.25, 0.3) is 6.08 Å². The van der Waals surface area contributed by atoms with E-state index in [4.69, 9.17) is 29.4 Å². The lowest BCUT2D eigenvalue weighted by Gasteiger charge is -2.13. The van der Waals surface area contributed by atoms with Gasteiger partial charge in [-0.1, -0.05) is 0 Å². The third kappa shape index (κ3) is 3.96. The topological polar surface area (TPSA) is 106 Å². The number of carbonyl (C=O) groups excluding carboxylic acids is 2. The van der Waals surface area contributed by atoms with Crippen molar-refractivity contribution in [1.82, 2.24) is 0 Å². The van der Waals surface area contributed by atoms with Crippen molar-refractivity contribution in [1.29, 1.82) is 0 Å². The maximum absolute atomic E-state index is 12.8. The predicted molar refractivity (Wildman–Crippen MR) is 105 cm³/mol. The summed E-state index contributed by atoms with van der Waals surface area (Å²) in [7, 11) is 4.54. The van der Waals surface area contributed by atoms with Gasteiger partial charge in [-0.3, -0.25) is 9.59 Å². The van der Waals surface area contributed by atoms with Gasteiger partial charge < -0.3 is 29.4 Å². The molecule has 2 N–H and O–H groups in total. The average Bonchev–Trinajstić information content (AvgIpc) is 3.01. The molecule has 1 amide bonds. The van der Waals surface area contributed by atoms with Gasteiger partial charge in [0.25, 0.3) is 5.91 Å². The Bertz CT molecular complexity index is 985. The molecule has 0 unspecified atom stereocenters. The summed E-state index contributed by atoms with van der Waals surface area (Å²) < 4.78 is 27.1. The molecule has 0 radical (unpaired) electrons. The van der Waals surface area contributed by atoms with Crippen LogP contribution >= 0.6 is 0 Å². The number of ketones is 1. The fourth-order valence-corrected chi connectivity index (χ4v) is 3.05. The summed E-state index contributed by atoms with van der Waals surface area (Å²) in [5, 5.41) is 0. The molecule has 0 saturated heterocycles. The monoisotopic (exact) mass is 399 g/mol. The highest BCUT2D eigenvalue weighted by atomic mass is 16.5. The van der Waals surface area contributed by atoms with E-state index in [9.17, 15) is 9.59 Å². The third-order valence-electron chi connectivity index (χ3n) is 4.31. The predicted octanol–water partition coefficient (Wildman–Crippen LogP) is 2.50. The Morgan fingerprint density at radius 1 is 1.07 bits per heavy atom. The van der Waals surface area contributed by atoms with Crippen LogP contribution in [0, 0.1) is 6.92 Å². The van der Waals surface area contributed by atoms with Crippen LogP contribution in [0.3, 0.4) is 0 Å². The van der Waals surface area contributed by atoms with E-state index in [0.717, 1.165) is 0 Å². The Morgan fingerprint density at radius 2 is 1.72 bits per heavy atom. The number of nitrogens with two attached hydrogens (primary N) is 1. The summed E-state index contributed by atoms with van der Waals surface area (Å²) in [5.74, 6) is 1.40. The number of hydrogen-bond donors (Lipinski definition) is 1. The number of benzene rings is 2. The molecule has 2 aromatic carbocycles. The van der Waals surface area contributed by atoms with Crippen LogP contribution in [-0.2, 0) is 4.79 Å². The van der Waals surface area contributed by atoms with Crippen LogP contribution in [0.5, 0.6) is 28.7 Å². The fraction of sp³-hybridized carbons (Fsp3) is 0.238. The van der Waals surface area contributed by atoms with Gasteiger partial charge in [-0.25, -0.2) is 0 Å². The third-order valence-corrected chi connectivity index (χ3v) is 4.31. The number of amides is 1. The average molecular weight is 399 g/mol. The Balaban J connectivity index is 1.96. The molecule has 0 aliphatic carbocycles. The molecule has 0 spiro atoms. The van der Waals surface area contributed by atoms with Crippen LogP contribution in [0.4, 0.5) is 0 Å². The van der Waals surface area contributed by atoms with Crippen molar-refractivity contribution in [3.63, 3.8) is 0 Å². The van der Waals surface area contributed by atoms with Crippen LogP contribution in [0.2, 0.25) is 0 Å². The maximum atomic E-state index is 12.8. The summed E-state index contributed by atoms with van der Waals surface area (Å²) >= 11 is 0. The molecule has 1 aliphatic rings. The molecule has 1 heterocycles. The zero-order chi connectivity index (χ0) is 21.1. The minimum atomic E-state index is -0.594. The molecule has 0 atom stereocenters. The van der Waals surface area contributed by atoms with Crippen LogP contribution in [-0.4, -0.2) is 39.6 Å². The first-order valence-electron chi connectivity index (χ1n) is 8.68. The van der Waals surface area contributed by atoms with Gasteiger partial charge in [0.1, 0.15) is 11.5 Å². The van der Waals surface area contributed by atoms with Crippen LogP contribution in [0.1, 0.15) is 21.5 Å². The molecule has 0 saturated carbocycles. The van der Waals surface area contributed by atoms with Gasteiger partial charge >= 0.3 is 0 Å². The van der Waals surface area contributed by atoms with Crippen LogP contribution < -0.4 is 29.4 Å². The second kappa shape index (κ2) is 8.14. The smallest absolute Gasteiger partial charge is 0.255 e. The summed E-state index contributed by atoms with van der Waals surface area (Å²) in [6.07, 6.45) is 1.59. The van der Waals surface area contributed by atoms with E-state index in [2.05, 4.69) is 0 Å². The Kier molecular flexibility index (Phi) is 5.63. The number of carbonyl (C=O) groups is 2. The number of hydrogen-bond acceptors (Lipinski definition) is 7. The van der Waals surface area contributed by atoms with E-state index in [1.807, 2.05) is 0 Å². The molecular formula is C21H21NO7. The lowest BCUT2D eigenvalue weighted by atomic mass is 10.0.